The molecule has 1 unspecified atom stereocenters. The molecule has 1 rings (SSSR count). The number of aliphatic hydroxyl groups is 2. The van der Waals surface area contributed by atoms with E-state index in [1.807, 2.05) is 5.32 Å². The quantitative estimate of drug-likeness (QED) is 0.206. The molecular weight excluding hydrogens is 412 g/mol. The number of aliphatic hydroxyl groups excluding tert-OH is 2. The third-order valence-electron chi connectivity index (χ3n) is 2.67. The van der Waals surface area contributed by atoms with E-state index in [2.05, 4.69) is 8.37 Å². The standard InChI is InChI=1S/C8H15NO12S2.2Na/c1-3(10)9-5-7(21-23(16,17)18)6(11)4(20-8(5)12)2-19-22(13,14)15;;/h4-8,11-12H,2H2,1H3,(H,9,10)(H,13,14,15)(H,16,17,18);;/q;2*+1/p-2/t4-,5-,6-,7-,8?;;/m1../s1. The van der Waals surface area contributed by atoms with Gasteiger partial charge in [-0.05, 0) is 0 Å². The van der Waals surface area contributed by atoms with E-state index in [-0.39, 0.29) is 59.1 Å². The summed E-state index contributed by atoms with van der Waals surface area (Å²) in [6.07, 6.45) is -7.75. The van der Waals surface area contributed by atoms with Gasteiger partial charge in [0.1, 0.15) is 24.4 Å². The molecule has 1 aliphatic heterocycles. The second kappa shape index (κ2) is 11.2. The Hall–Kier alpha value is 1.09. The van der Waals surface area contributed by atoms with E-state index in [1.165, 1.54) is 0 Å². The van der Waals surface area contributed by atoms with Crippen molar-refractivity contribution < 1.29 is 113 Å². The summed E-state index contributed by atoms with van der Waals surface area (Å²) in [5, 5.41) is 21.6. The zero-order chi connectivity index (χ0) is 18.0. The first-order valence-corrected chi connectivity index (χ1v) is 8.50. The Bertz CT molecular complexity index is 640. The van der Waals surface area contributed by atoms with E-state index in [0.717, 1.165) is 6.92 Å². The van der Waals surface area contributed by atoms with Crippen molar-refractivity contribution in [2.45, 2.75) is 37.6 Å². The molecule has 1 fully saturated rings. The largest absolute Gasteiger partial charge is 1.00 e. The van der Waals surface area contributed by atoms with Gasteiger partial charge in [0.2, 0.25) is 26.7 Å². The van der Waals surface area contributed by atoms with E-state index in [0.29, 0.717) is 0 Å². The van der Waals surface area contributed by atoms with Gasteiger partial charge in [-0.1, -0.05) is 0 Å². The summed E-state index contributed by atoms with van der Waals surface area (Å²) in [7, 11) is -10.5. The fourth-order valence-corrected chi connectivity index (χ4v) is 2.67. The molecule has 1 heterocycles. The third kappa shape index (κ3) is 10.3. The number of carbonyl (C=O) groups is 1. The van der Waals surface area contributed by atoms with Crippen LogP contribution in [-0.2, 0) is 38.7 Å². The molecule has 0 aliphatic carbocycles. The van der Waals surface area contributed by atoms with Gasteiger partial charge in [-0.3, -0.25) is 13.2 Å². The second-order valence-electron chi connectivity index (χ2n) is 4.44. The zero-order valence-corrected chi connectivity index (χ0v) is 19.0. The molecule has 3 N–H and O–H groups in total. The number of hydrogen-bond donors (Lipinski definition) is 3. The number of carbonyl (C=O) groups excluding carboxylic acids is 1. The fraction of sp³-hybridized carbons (Fsp3) is 0.875. The van der Waals surface area contributed by atoms with Crippen LogP contribution in [0.4, 0.5) is 0 Å². The molecule has 0 aromatic carbocycles. The van der Waals surface area contributed by atoms with E-state index in [4.69, 9.17) is 4.74 Å². The molecule has 13 nitrogen and oxygen atoms in total. The monoisotopic (exact) mass is 425 g/mol. The molecule has 136 valence electrons. The average molecular weight is 425 g/mol. The van der Waals surface area contributed by atoms with E-state index < -0.39 is 64.0 Å². The summed E-state index contributed by atoms with van der Waals surface area (Å²) in [6.45, 7) is -0.101. The molecule has 17 heteroatoms. The van der Waals surface area contributed by atoms with Crippen LogP contribution in [0, 0.1) is 0 Å². The van der Waals surface area contributed by atoms with Crippen LogP contribution in [0.1, 0.15) is 6.92 Å². The number of ether oxygens (including phenoxy) is 1. The second-order valence-corrected chi connectivity index (χ2v) is 6.50. The Morgan fingerprint density at radius 2 is 1.68 bits per heavy atom. The molecule has 0 spiro atoms. The van der Waals surface area contributed by atoms with Crippen LogP contribution in [-0.4, -0.2) is 79.3 Å². The SMILES string of the molecule is CC(=O)N[C@H]1C(O)O[C@H](COS(=O)(=O)[O-])[C@@H](O)[C@@H]1OS(=O)(=O)[O-].[Na+].[Na+]. The van der Waals surface area contributed by atoms with Crippen LogP contribution in [0.15, 0.2) is 0 Å². The van der Waals surface area contributed by atoms with E-state index >= 15 is 0 Å². The Balaban J connectivity index is 0. The minimum absolute atomic E-state index is 0. The predicted octanol–water partition coefficient (Wildman–Crippen LogP) is -10.1. The summed E-state index contributed by atoms with van der Waals surface area (Å²) in [5.41, 5.74) is 0. The summed E-state index contributed by atoms with van der Waals surface area (Å²) >= 11 is 0. The normalized spacial score (nSPS) is 29.9. The zero-order valence-electron chi connectivity index (χ0n) is 13.4. The van der Waals surface area contributed by atoms with Crippen LogP contribution >= 0.6 is 0 Å². The summed E-state index contributed by atoms with van der Waals surface area (Å²) in [5.74, 6) is -0.779. The number of hydrogen-bond acceptors (Lipinski definition) is 12. The third-order valence-corrected chi connectivity index (χ3v) is 3.55. The Labute approximate surface area is 187 Å². The summed E-state index contributed by atoms with van der Waals surface area (Å²) in [6, 6.07) is -1.66. The Kier molecular flexibility index (Phi) is 12.7. The van der Waals surface area contributed by atoms with Gasteiger partial charge in [-0.2, -0.15) is 0 Å². The van der Waals surface area contributed by atoms with Gasteiger partial charge in [-0.15, -0.1) is 0 Å². The van der Waals surface area contributed by atoms with Crippen molar-refractivity contribution in [3.8, 4) is 0 Å². The maximum Gasteiger partial charge on any atom is 1.00 e. The molecule has 0 saturated carbocycles. The molecule has 25 heavy (non-hydrogen) atoms. The van der Waals surface area contributed by atoms with Crippen molar-refractivity contribution in [1.29, 1.82) is 0 Å². The average Bonchev–Trinajstić information content (AvgIpc) is 2.33. The molecule has 0 bridgehead atoms. The van der Waals surface area contributed by atoms with E-state index in [1.54, 1.807) is 0 Å². The molecule has 0 radical (unpaired) electrons. The van der Waals surface area contributed by atoms with Crippen molar-refractivity contribution in [3.05, 3.63) is 0 Å². The first-order chi connectivity index (χ1) is 10.3. The number of nitrogens with one attached hydrogen (secondary N) is 1. The first kappa shape index (κ1) is 28.3. The van der Waals surface area contributed by atoms with Gasteiger partial charge < -0.3 is 29.4 Å². The van der Waals surface area contributed by atoms with Gasteiger partial charge in [0, 0.05) is 6.92 Å². The van der Waals surface area contributed by atoms with Crippen molar-refractivity contribution >= 4 is 26.7 Å². The molecular formula is C8H13NNa2O12S2. The molecule has 1 aliphatic rings. The summed E-state index contributed by atoms with van der Waals surface area (Å²) in [4.78, 5) is 11.0. The maximum absolute atomic E-state index is 11.0. The van der Waals surface area contributed by atoms with Gasteiger partial charge in [0.15, 0.2) is 6.29 Å². The van der Waals surface area contributed by atoms with Gasteiger partial charge in [-0.25, -0.2) is 16.8 Å². The van der Waals surface area contributed by atoms with Crippen molar-refractivity contribution in [2.75, 3.05) is 6.61 Å². The van der Waals surface area contributed by atoms with Gasteiger partial charge >= 0.3 is 59.1 Å². The predicted molar refractivity (Wildman–Crippen MR) is 64.7 cm³/mol. The maximum atomic E-state index is 11.0. The first-order valence-electron chi connectivity index (χ1n) is 5.83. The molecule has 0 aromatic heterocycles. The van der Waals surface area contributed by atoms with Crippen molar-refractivity contribution in [1.82, 2.24) is 5.32 Å². The van der Waals surface area contributed by atoms with Gasteiger partial charge in [0.05, 0.1) is 6.61 Å². The minimum atomic E-state index is -5.36. The molecule has 1 amide bonds. The van der Waals surface area contributed by atoms with Gasteiger partial charge in [0.25, 0.3) is 0 Å². The molecule has 5 atom stereocenters. The fourth-order valence-electron chi connectivity index (χ4n) is 1.86. The van der Waals surface area contributed by atoms with Crippen molar-refractivity contribution in [3.63, 3.8) is 0 Å². The summed E-state index contributed by atoms with van der Waals surface area (Å²) < 4.78 is 75.9. The number of amides is 1. The van der Waals surface area contributed by atoms with Crippen LogP contribution < -0.4 is 64.4 Å². The van der Waals surface area contributed by atoms with Crippen LogP contribution in [0.25, 0.3) is 0 Å². The Morgan fingerprint density at radius 3 is 2.08 bits per heavy atom. The minimum Gasteiger partial charge on any atom is -0.726 e. The number of rotatable bonds is 6. The Morgan fingerprint density at radius 1 is 1.16 bits per heavy atom. The smallest absolute Gasteiger partial charge is 0.726 e. The van der Waals surface area contributed by atoms with Crippen LogP contribution in [0.5, 0.6) is 0 Å². The molecule has 1 saturated heterocycles. The topological polar surface area (TPSA) is 212 Å². The van der Waals surface area contributed by atoms with E-state index in [9.17, 15) is 40.9 Å². The van der Waals surface area contributed by atoms with Crippen LogP contribution in [0.3, 0.4) is 0 Å². The van der Waals surface area contributed by atoms with Crippen molar-refractivity contribution in [2.24, 2.45) is 0 Å². The van der Waals surface area contributed by atoms with Crippen LogP contribution in [0.2, 0.25) is 0 Å². The molecule has 0 aromatic rings.